The van der Waals surface area contributed by atoms with Crippen molar-refractivity contribution < 1.29 is 18.0 Å². The number of nitrogens with zero attached hydrogens (tertiary/aromatic N) is 2. The van der Waals surface area contributed by atoms with Gasteiger partial charge in [0.25, 0.3) is 0 Å². The zero-order valence-corrected chi connectivity index (χ0v) is 14.2. The number of carbonyl (C=O) groups excluding carboxylic acids is 1. The summed E-state index contributed by atoms with van der Waals surface area (Å²) in [6, 6.07) is 7.51. The molecule has 0 unspecified atom stereocenters. The molecule has 1 N–H and O–H groups in total. The Kier molecular flexibility index (Phi) is 5.74. The lowest BCUT2D eigenvalue weighted by atomic mass is 10.0. The van der Waals surface area contributed by atoms with Gasteiger partial charge in [-0.2, -0.15) is 13.2 Å². The highest BCUT2D eigenvalue weighted by Crippen LogP contribution is 2.34. The molecule has 4 nitrogen and oxygen atoms in total. The molecule has 1 aromatic carbocycles. The van der Waals surface area contributed by atoms with Crippen LogP contribution in [0.2, 0.25) is 0 Å². The second-order valence-electron chi connectivity index (χ2n) is 6.39. The van der Waals surface area contributed by atoms with Crippen LogP contribution in [0.15, 0.2) is 24.3 Å². The van der Waals surface area contributed by atoms with E-state index in [2.05, 4.69) is 6.07 Å². The Hall–Kier alpha value is -1.76. The Bertz CT molecular complexity index is 574. The molecule has 1 fully saturated rings. The van der Waals surface area contributed by atoms with Crippen LogP contribution in [-0.2, 0) is 4.79 Å². The maximum absolute atomic E-state index is 12.3. The fraction of sp³-hybridized carbons (Fsp3) is 0.588. The minimum Gasteiger partial charge on any atom is -0.378 e. The van der Waals surface area contributed by atoms with Crippen molar-refractivity contribution >= 4 is 11.6 Å². The van der Waals surface area contributed by atoms with E-state index in [0.29, 0.717) is 6.54 Å². The molecule has 7 heteroatoms. The molecule has 0 aliphatic carbocycles. The first-order valence-electron chi connectivity index (χ1n) is 8.06. The largest absolute Gasteiger partial charge is 0.405 e. The lowest BCUT2D eigenvalue weighted by Gasteiger charge is -2.30. The fourth-order valence-electron chi connectivity index (χ4n) is 3.11. The quantitative estimate of drug-likeness (QED) is 0.893. The molecule has 1 aliphatic heterocycles. The zero-order valence-electron chi connectivity index (χ0n) is 14.2. The van der Waals surface area contributed by atoms with Crippen LogP contribution in [0.25, 0.3) is 0 Å². The molecule has 2 rings (SSSR count). The third-order valence-corrected chi connectivity index (χ3v) is 4.41. The van der Waals surface area contributed by atoms with E-state index in [-0.39, 0.29) is 6.04 Å². The van der Waals surface area contributed by atoms with Crippen molar-refractivity contribution in [1.29, 1.82) is 0 Å². The van der Waals surface area contributed by atoms with Crippen molar-refractivity contribution in [2.45, 2.75) is 38.0 Å². The van der Waals surface area contributed by atoms with E-state index in [1.807, 2.05) is 47.4 Å². The molecule has 2 atom stereocenters. The van der Waals surface area contributed by atoms with Gasteiger partial charge in [0.15, 0.2) is 0 Å². The van der Waals surface area contributed by atoms with Crippen LogP contribution in [0.3, 0.4) is 0 Å². The molecule has 1 aliphatic rings. The van der Waals surface area contributed by atoms with Crippen molar-refractivity contribution in [1.82, 2.24) is 10.2 Å². The summed E-state index contributed by atoms with van der Waals surface area (Å²) in [5.41, 5.74) is 2.16. The number of likely N-dealkylation sites (tertiary alicyclic amines) is 1. The highest BCUT2D eigenvalue weighted by Gasteiger charge is 2.35. The van der Waals surface area contributed by atoms with Gasteiger partial charge in [-0.1, -0.05) is 12.1 Å². The summed E-state index contributed by atoms with van der Waals surface area (Å²) in [5, 5.41) is 1.99. The summed E-state index contributed by atoms with van der Waals surface area (Å²) in [4.78, 5) is 16.1. The van der Waals surface area contributed by atoms with Crippen molar-refractivity contribution in [3.63, 3.8) is 0 Å². The maximum atomic E-state index is 12.3. The van der Waals surface area contributed by atoms with Crippen molar-refractivity contribution in [2.75, 3.05) is 32.1 Å². The van der Waals surface area contributed by atoms with Gasteiger partial charge >= 0.3 is 6.18 Å². The molecule has 1 amide bonds. The van der Waals surface area contributed by atoms with Gasteiger partial charge in [-0.05, 0) is 44.0 Å². The molecule has 0 radical (unpaired) electrons. The number of anilines is 1. The van der Waals surface area contributed by atoms with Gasteiger partial charge in [0, 0.05) is 25.8 Å². The Morgan fingerprint density at radius 3 is 2.75 bits per heavy atom. The second kappa shape index (κ2) is 7.42. The second-order valence-corrected chi connectivity index (χ2v) is 6.39. The van der Waals surface area contributed by atoms with Crippen molar-refractivity contribution in [3.05, 3.63) is 29.8 Å². The normalized spacial score (nSPS) is 20.0. The summed E-state index contributed by atoms with van der Waals surface area (Å²) < 4.78 is 36.9. The van der Waals surface area contributed by atoms with Crippen molar-refractivity contribution in [3.8, 4) is 0 Å². The first-order valence-corrected chi connectivity index (χ1v) is 8.06. The number of hydrogen-bond acceptors (Lipinski definition) is 3. The first-order chi connectivity index (χ1) is 11.2. The third kappa shape index (κ3) is 4.63. The standard InChI is InChI=1S/C17H24F3N3O/c1-12(16(24)21-11-17(18,19)20)23-9-5-8-15(23)13-6-4-7-14(10-13)22(2)3/h4,6-7,10,12,15H,5,8-9,11H2,1-3H3,(H,21,24)/t12-,15+/m0/s1. The van der Waals surface area contributed by atoms with Crippen LogP contribution in [0, 0.1) is 0 Å². The van der Waals surface area contributed by atoms with E-state index in [4.69, 9.17) is 0 Å². The van der Waals surface area contributed by atoms with Gasteiger partial charge in [0.2, 0.25) is 5.91 Å². The number of carbonyl (C=O) groups is 1. The predicted molar refractivity (Wildman–Crippen MR) is 88.0 cm³/mol. The SMILES string of the molecule is C[C@@H](C(=O)NCC(F)(F)F)N1CCC[C@@H]1c1cccc(N(C)C)c1. The minimum absolute atomic E-state index is 0.0523. The lowest BCUT2D eigenvalue weighted by Crippen LogP contribution is -2.47. The highest BCUT2D eigenvalue weighted by atomic mass is 19.4. The van der Waals surface area contributed by atoms with Crippen molar-refractivity contribution in [2.24, 2.45) is 0 Å². The molecule has 0 spiro atoms. The van der Waals surface area contributed by atoms with E-state index >= 15 is 0 Å². The molecular formula is C17H24F3N3O. The number of halogens is 3. The Labute approximate surface area is 140 Å². The molecule has 1 saturated heterocycles. The number of benzene rings is 1. The molecule has 134 valence electrons. The maximum Gasteiger partial charge on any atom is 0.405 e. The number of hydrogen-bond donors (Lipinski definition) is 1. The van der Waals surface area contributed by atoms with Gasteiger partial charge in [-0.3, -0.25) is 9.69 Å². The summed E-state index contributed by atoms with van der Waals surface area (Å²) >= 11 is 0. The summed E-state index contributed by atoms with van der Waals surface area (Å²) in [5.74, 6) is -0.581. The predicted octanol–water partition coefficient (Wildman–Crippen LogP) is 2.96. The van der Waals surface area contributed by atoms with Gasteiger partial charge < -0.3 is 10.2 Å². The first kappa shape index (κ1) is 18.6. The van der Waals surface area contributed by atoms with E-state index in [1.54, 1.807) is 6.92 Å². The van der Waals surface area contributed by atoms with E-state index in [9.17, 15) is 18.0 Å². The van der Waals surface area contributed by atoms with Crippen LogP contribution in [0.4, 0.5) is 18.9 Å². The van der Waals surface area contributed by atoms with Crippen LogP contribution < -0.4 is 10.2 Å². The van der Waals surface area contributed by atoms with E-state index in [1.165, 1.54) is 0 Å². The zero-order chi connectivity index (χ0) is 17.9. The highest BCUT2D eigenvalue weighted by molar-refractivity contribution is 5.81. The van der Waals surface area contributed by atoms with Gasteiger partial charge in [-0.25, -0.2) is 0 Å². The van der Waals surface area contributed by atoms with Gasteiger partial charge in [-0.15, -0.1) is 0 Å². The number of rotatable bonds is 5. The fourth-order valence-corrected chi connectivity index (χ4v) is 3.11. The molecule has 0 aromatic heterocycles. The molecule has 1 heterocycles. The Morgan fingerprint density at radius 1 is 1.42 bits per heavy atom. The summed E-state index contributed by atoms with van der Waals surface area (Å²) in [7, 11) is 3.91. The number of amides is 1. The minimum atomic E-state index is -4.39. The lowest BCUT2D eigenvalue weighted by molar-refractivity contribution is -0.141. The number of nitrogens with one attached hydrogen (secondary N) is 1. The molecule has 0 bridgehead atoms. The van der Waals surface area contributed by atoms with Gasteiger partial charge in [0.1, 0.15) is 6.54 Å². The molecule has 1 aromatic rings. The topological polar surface area (TPSA) is 35.6 Å². The average molecular weight is 343 g/mol. The summed E-state index contributed by atoms with van der Waals surface area (Å²) in [6.07, 6.45) is -2.57. The van der Waals surface area contributed by atoms with Crippen LogP contribution in [0.5, 0.6) is 0 Å². The smallest absolute Gasteiger partial charge is 0.378 e. The van der Waals surface area contributed by atoms with Crippen LogP contribution in [-0.4, -0.2) is 50.2 Å². The van der Waals surface area contributed by atoms with Gasteiger partial charge in [0.05, 0.1) is 6.04 Å². The number of alkyl halides is 3. The Morgan fingerprint density at radius 2 is 2.12 bits per heavy atom. The Balaban J connectivity index is 2.09. The van der Waals surface area contributed by atoms with E-state index < -0.39 is 24.7 Å². The van der Waals surface area contributed by atoms with Crippen LogP contribution >= 0.6 is 0 Å². The molecule has 24 heavy (non-hydrogen) atoms. The monoisotopic (exact) mass is 343 g/mol. The molecular weight excluding hydrogens is 319 g/mol. The summed E-state index contributed by atoms with van der Waals surface area (Å²) in [6.45, 7) is 1.09. The van der Waals surface area contributed by atoms with Crippen LogP contribution in [0.1, 0.15) is 31.4 Å². The van der Waals surface area contributed by atoms with E-state index in [0.717, 1.165) is 24.1 Å². The third-order valence-electron chi connectivity index (χ3n) is 4.41. The average Bonchev–Trinajstić information content (AvgIpc) is 3.00. The molecule has 0 saturated carbocycles.